The summed E-state index contributed by atoms with van der Waals surface area (Å²) in [5.41, 5.74) is 0.883. The first-order valence-corrected chi connectivity index (χ1v) is 7.64. The number of urea groups is 1. The molecule has 1 saturated heterocycles. The molecule has 6 nitrogen and oxygen atoms in total. The quantitative estimate of drug-likeness (QED) is 0.466. The van der Waals surface area contributed by atoms with Gasteiger partial charge in [0, 0.05) is 18.5 Å². The van der Waals surface area contributed by atoms with Gasteiger partial charge in [-0.25, -0.2) is 4.79 Å². The summed E-state index contributed by atoms with van der Waals surface area (Å²) in [6.45, 7) is 4.31. The monoisotopic (exact) mass is 325 g/mol. The van der Waals surface area contributed by atoms with Crippen molar-refractivity contribution in [1.82, 2.24) is 15.5 Å². The number of nitrogens with zero attached hydrogens (tertiary/aromatic N) is 1. The Balaban J connectivity index is 1.88. The van der Waals surface area contributed by atoms with E-state index in [-0.39, 0.29) is 25.3 Å². The molecule has 1 fully saturated rings. The van der Waals surface area contributed by atoms with Gasteiger partial charge in [-0.05, 0) is 18.6 Å². The number of rotatable bonds is 6. The molecule has 2 rings (SSSR count). The molecule has 1 unspecified atom stereocenters. The number of hydrogen-bond donors (Lipinski definition) is 2. The van der Waals surface area contributed by atoms with Crippen molar-refractivity contribution in [3.05, 3.63) is 48.6 Å². The summed E-state index contributed by atoms with van der Waals surface area (Å²) in [7, 11) is 0. The maximum absolute atomic E-state index is 12.3. The van der Waals surface area contributed by atoms with Crippen molar-refractivity contribution in [3.8, 4) is 11.8 Å². The molecule has 0 spiro atoms. The van der Waals surface area contributed by atoms with Crippen molar-refractivity contribution in [2.24, 2.45) is 0 Å². The standard InChI is InChI=1S/C18H19N3O3/c1-2-12-21(13-6-9-14-7-4-3-5-8-14)16(22)11-10-15-17(23)20-18(24)19-15/h2-5,7-8,15H,1,10-13H2,(H2,19,20,23,24). The van der Waals surface area contributed by atoms with Crippen LogP contribution in [-0.4, -0.2) is 41.9 Å². The molecule has 24 heavy (non-hydrogen) atoms. The molecule has 1 atom stereocenters. The maximum Gasteiger partial charge on any atom is 0.322 e. The minimum Gasteiger partial charge on any atom is -0.328 e. The highest BCUT2D eigenvalue weighted by atomic mass is 16.2. The minimum atomic E-state index is -0.651. The molecule has 6 heteroatoms. The largest absolute Gasteiger partial charge is 0.328 e. The van der Waals surface area contributed by atoms with Crippen molar-refractivity contribution < 1.29 is 14.4 Å². The van der Waals surface area contributed by atoms with Crippen LogP contribution in [0.2, 0.25) is 0 Å². The second-order valence-electron chi connectivity index (χ2n) is 5.28. The lowest BCUT2D eigenvalue weighted by Crippen LogP contribution is -2.35. The zero-order chi connectivity index (χ0) is 17.4. The van der Waals surface area contributed by atoms with Crippen LogP contribution < -0.4 is 10.6 Å². The van der Waals surface area contributed by atoms with Gasteiger partial charge in [0.05, 0.1) is 6.54 Å². The maximum atomic E-state index is 12.3. The number of hydrogen-bond acceptors (Lipinski definition) is 3. The predicted molar refractivity (Wildman–Crippen MR) is 89.8 cm³/mol. The average molecular weight is 325 g/mol. The molecular weight excluding hydrogens is 306 g/mol. The van der Waals surface area contributed by atoms with Crippen LogP contribution in [0.5, 0.6) is 0 Å². The van der Waals surface area contributed by atoms with Crippen LogP contribution in [0, 0.1) is 11.8 Å². The first kappa shape index (κ1) is 17.3. The van der Waals surface area contributed by atoms with Crippen LogP contribution in [0.4, 0.5) is 4.79 Å². The molecule has 4 amide bonds. The number of amides is 4. The molecule has 124 valence electrons. The van der Waals surface area contributed by atoms with Crippen molar-refractivity contribution in [2.45, 2.75) is 18.9 Å². The lowest BCUT2D eigenvalue weighted by molar-refractivity contribution is -0.130. The highest BCUT2D eigenvalue weighted by Crippen LogP contribution is 2.05. The second kappa shape index (κ2) is 8.53. The average Bonchev–Trinajstić information content (AvgIpc) is 2.90. The van der Waals surface area contributed by atoms with E-state index in [0.717, 1.165) is 5.56 Å². The van der Waals surface area contributed by atoms with Gasteiger partial charge in [-0.3, -0.25) is 14.9 Å². The zero-order valence-electron chi connectivity index (χ0n) is 13.2. The fraction of sp³-hybridized carbons (Fsp3) is 0.278. The van der Waals surface area contributed by atoms with E-state index in [0.29, 0.717) is 6.54 Å². The molecule has 1 heterocycles. The fourth-order valence-electron chi connectivity index (χ4n) is 2.26. The van der Waals surface area contributed by atoms with Gasteiger partial charge in [-0.15, -0.1) is 6.58 Å². The Labute approximate surface area is 140 Å². The van der Waals surface area contributed by atoms with Crippen LogP contribution in [-0.2, 0) is 9.59 Å². The molecule has 0 saturated carbocycles. The van der Waals surface area contributed by atoms with Gasteiger partial charge in [0.15, 0.2) is 0 Å². The molecule has 0 aromatic heterocycles. The highest BCUT2D eigenvalue weighted by molar-refractivity contribution is 6.04. The number of imide groups is 1. The number of benzene rings is 1. The Kier molecular flexibility index (Phi) is 6.15. The van der Waals surface area contributed by atoms with Crippen LogP contribution in [0.15, 0.2) is 43.0 Å². The van der Waals surface area contributed by atoms with E-state index in [4.69, 9.17) is 0 Å². The minimum absolute atomic E-state index is 0.133. The summed E-state index contributed by atoms with van der Waals surface area (Å²) in [5.74, 6) is 5.44. The number of carbonyl (C=O) groups is 3. The molecular formula is C18H19N3O3. The van der Waals surface area contributed by atoms with Crippen molar-refractivity contribution in [2.75, 3.05) is 13.1 Å². The zero-order valence-corrected chi connectivity index (χ0v) is 13.2. The fourth-order valence-corrected chi connectivity index (χ4v) is 2.26. The van der Waals surface area contributed by atoms with E-state index < -0.39 is 18.0 Å². The van der Waals surface area contributed by atoms with E-state index in [1.54, 1.807) is 11.0 Å². The Hall–Kier alpha value is -3.07. The molecule has 1 aliphatic heterocycles. The van der Waals surface area contributed by atoms with Gasteiger partial charge in [-0.1, -0.05) is 36.1 Å². The number of nitrogens with one attached hydrogen (secondary N) is 2. The summed E-state index contributed by atoms with van der Waals surface area (Å²) >= 11 is 0. The van der Waals surface area contributed by atoms with Gasteiger partial charge < -0.3 is 10.2 Å². The number of carbonyl (C=O) groups excluding carboxylic acids is 3. The molecule has 1 aromatic rings. The van der Waals surface area contributed by atoms with Crippen molar-refractivity contribution >= 4 is 17.8 Å². The Bertz CT molecular complexity index is 688. The Morgan fingerprint density at radius 1 is 1.29 bits per heavy atom. The summed E-state index contributed by atoms with van der Waals surface area (Å²) in [6, 6.07) is 8.34. The third-order valence-electron chi connectivity index (χ3n) is 3.48. The van der Waals surface area contributed by atoms with Gasteiger partial charge in [0.25, 0.3) is 5.91 Å². The Morgan fingerprint density at radius 3 is 2.67 bits per heavy atom. The van der Waals surface area contributed by atoms with E-state index in [1.807, 2.05) is 30.3 Å². The second-order valence-corrected chi connectivity index (χ2v) is 5.28. The van der Waals surface area contributed by atoms with E-state index in [9.17, 15) is 14.4 Å². The summed E-state index contributed by atoms with van der Waals surface area (Å²) in [4.78, 5) is 36.4. The van der Waals surface area contributed by atoms with Crippen molar-refractivity contribution in [3.63, 3.8) is 0 Å². The first-order chi connectivity index (χ1) is 11.6. The van der Waals surface area contributed by atoms with Crippen molar-refractivity contribution in [1.29, 1.82) is 0 Å². The van der Waals surface area contributed by atoms with E-state index >= 15 is 0 Å². The summed E-state index contributed by atoms with van der Waals surface area (Å²) in [6.07, 6.45) is 2.04. The molecule has 0 bridgehead atoms. The normalized spacial score (nSPS) is 15.8. The highest BCUT2D eigenvalue weighted by Gasteiger charge is 2.29. The molecule has 0 aliphatic carbocycles. The van der Waals surface area contributed by atoms with E-state index in [2.05, 4.69) is 29.1 Å². The van der Waals surface area contributed by atoms with Crippen LogP contribution in [0.25, 0.3) is 0 Å². The topological polar surface area (TPSA) is 78.5 Å². The summed E-state index contributed by atoms with van der Waals surface area (Å²) in [5, 5.41) is 4.62. The predicted octanol–water partition coefficient (Wildman–Crippen LogP) is 1.04. The first-order valence-electron chi connectivity index (χ1n) is 7.64. The van der Waals surface area contributed by atoms with Crippen LogP contribution in [0.3, 0.4) is 0 Å². The molecule has 0 radical (unpaired) electrons. The smallest absolute Gasteiger partial charge is 0.322 e. The SMILES string of the molecule is C=CCN(CC#Cc1ccccc1)C(=O)CCC1NC(=O)NC1=O. The summed E-state index contributed by atoms with van der Waals surface area (Å²) < 4.78 is 0. The van der Waals surface area contributed by atoms with Gasteiger partial charge in [0.2, 0.25) is 5.91 Å². The van der Waals surface area contributed by atoms with Gasteiger partial charge in [-0.2, -0.15) is 0 Å². The van der Waals surface area contributed by atoms with Crippen LogP contribution in [0.1, 0.15) is 18.4 Å². The lowest BCUT2D eigenvalue weighted by Gasteiger charge is -2.19. The van der Waals surface area contributed by atoms with Crippen LogP contribution >= 0.6 is 0 Å². The van der Waals surface area contributed by atoms with Gasteiger partial charge in [0.1, 0.15) is 6.04 Å². The van der Waals surface area contributed by atoms with E-state index in [1.165, 1.54) is 0 Å². The third kappa shape index (κ3) is 4.99. The third-order valence-corrected chi connectivity index (χ3v) is 3.48. The molecule has 1 aromatic carbocycles. The Morgan fingerprint density at radius 2 is 2.04 bits per heavy atom. The molecule has 2 N–H and O–H groups in total. The molecule has 1 aliphatic rings. The van der Waals surface area contributed by atoms with Gasteiger partial charge >= 0.3 is 6.03 Å². The lowest BCUT2D eigenvalue weighted by atomic mass is 10.1.